The lowest BCUT2D eigenvalue weighted by Crippen LogP contribution is -2.43. The molecule has 1 atom stereocenters. The van der Waals surface area contributed by atoms with Gasteiger partial charge in [0.1, 0.15) is 5.82 Å². The minimum Gasteiger partial charge on any atom is -0.338 e. The number of nitrogens with one attached hydrogen (secondary N) is 1. The van der Waals surface area contributed by atoms with Crippen LogP contribution in [0.25, 0.3) is 11.5 Å². The Morgan fingerprint density at radius 2 is 1.93 bits per heavy atom. The van der Waals surface area contributed by atoms with Gasteiger partial charge in [0.05, 0.1) is 5.92 Å². The molecule has 0 radical (unpaired) electrons. The average Bonchev–Trinajstić information content (AvgIpc) is 3.21. The molecule has 1 aromatic carbocycles. The number of carbonyl (C=O) groups excluding carboxylic acids is 2. The first-order valence-corrected chi connectivity index (χ1v) is 9.93. The number of aryl methyl sites for hydroxylation is 2. The van der Waals surface area contributed by atoms with E-state index in [0.717, 1.165) is 24.0 Å². The van der Waals surface area contributed by atoms with Gasteiger partial charge in [0.2, 0.25) is 5.91 Å². The zero-order chi connectivity index (χ0) is 21.1. The molecule has 0 bridgehead atoms. The third-order valence-corrected chi connectivity index (χ3v) is 5.15. The predicted molar refractivity (Wildman–Crippen MR) is 111 cm³/mol. The highest BCUT2D eigenvalue weighted by Gasteiger charge is 2.29. The van der Waals surface area contributed by atoms with Crippen LogP contribution in [0.1, 0.15) is 34.6 Å². The van der Waals surface area contributed by atoms with Crippen molar-refractivity contribution in [2.45, 2.75) is 26.7 Å². The molecule has 154 valence electrons. The second kappa shape index (κ2) is 8.44. The standard InChI is InChI=1S/C22H23N5O3/c1-14-5-10-19(23-12-14)25-20(28)18-4-3-11-27(13-18)22(29)17-8-6-16(7-9-17)21-24-15(2)26-30-21/h5-10,12,18H,3-4,11,13H2,1-2H3,(H,23,25,28). The Bertz CT molecular complexity index is 1040. The fourth-order valence-electron chi connectivity index (χ4n) is 3.50. The number of likely N-dealkylation sites (tertiary alicyclic amines) is 1. The molecule has 4 rings (SSSR count). The number of hydrogen-bond donors (Lipinski definition) is 1. The molecule has 0 aliphatic carbocycles. The van der Waals surface area contributed by atoms with Gasteiger partial charge in [-0.25, -0.2) is 4.98 Å². The Labute approximate surface area is 174 Å². The summed E-state index contributed by atoms with van der Waals surface area (Å²) in [6.07, 6.45) is 3.24. The Balaban J connectivity index is 1.40. The number of benzene rings is 1. The lowest BCUT2D eigenvalue weighted by Gasteiger charge is -2.32. The molecule has 2 aromatic heterocycles. The molecule has 1 aliphatic heterocycles. The molecule has 8 nitrogen and oxygen atoms in total. The van der Waals surface area contributed by atoms with E-state index in [1.54, 1.807) is 48.4 Å². The van der Waals surface area contributed by atoms with Crippen molar-refractivity contribution in [3.8, 4) is 11.5 Å². The number of hydrogen-bond acceptors (Lipinski definition) is 6. The topological polar surface area (TPSA) is 101 Å². The van der Waals surface area contributed by atoms with Gasteiger partial charge in [-0.05, 0) is 62.6 Å². The van der Waals surface area contributed by atoms with Crippen LogP contribution in [0.4, 0.5) is 5.82 Å². The van der Waals surface area contributed by atoms with Crippen molar-refractivity contribution >= 4 is 17.6 Å². The van der Waals surface area contributed by atoms with Gasteiger partial charge < -0.3 is 14.7 Å². The quantitative estimate of drug-likeness (QED) is 0.715. The van der Waals surface area contributed by atoms with E-state index < -0.39 is 0 Å². The second-order valence-corrected chi connectivity index (χ2v) is 7.52. The lowest BCUT2D eigenvalue weighted by atomic mass is 9.96. The van der Waals surface area contributed by atoms with Crippen LogP contribution in [0.15, 0.2) is 47.1 Å². The number of pyridine rings is 1. The van der Waals surface area contributed by atoms with Gasteiger partial charge >= 0.3 is 0 Å². The van der Waals surface area contributed by atoms with Gasteiger partial charge in [0, 0.05) is 30.4 Å². The molecular weight excluding hydrogens is 382 g/mol. The third kappa shape index (κ3) is 4.37. The van der Waals surface area contributed by atoms with Crippen molar-refractivity contribution in [3.63, 3.8) is 0 Å². The number of amides is 2. The van der Waals surface area contributed by atoms with Crippen LogP contribution in [-0.2, 0) is 4.79 Å². The van der Waals surface area contributed by atoms with Gasteiger partial charge in [-0.1, -0.05) is 11.2 Å². The molecule has 30 heavy (non-hydrogen) atoms. The summed E-state index contributed by atoms with van der Waals surface area (Å²) in [5.41, 5.74) is 2.35. The fourth-order valence-corrected chi connectivity index (χ4v) is 3.50. The van der Waals surface area contributed by atoms with Crippen molar-refractivity contribution in [1.29, 1.82) is 0 Å². The summed E-state index contributed by atoms with van der Waals surface area (Å²) in [4.78, 5) is 35.7. The van der Waals surface area contributed by atoms with Gasteiger partial charge in [-0.2, -0.15) is 4.98 Å². The molecule has 2 amide bonds. The average molecular weight is 405 g/mol. The van der Waals surface area contributed by atoms with Crippen molar-refractivity contribution in [2.75, 3.05) is 18.4 Å². The Hall–Kier alpha value is -3.55. The molecule has 3 aromatic rings. The van der Waals surface area contributed by atoms with Gasteiger partial charge in [-0.3, -0.25) is 9.59 Å². The number of anilines is 1. The summed E-state index contributed by atoms with van der Waals surface area (Å²) in [7, 11) is 0. The Morgan fingerprint density at radius 1 is 1.13 bits per heavy atom. The summed E-state index contributed by atoms with van der Waals surface area (Å²) in [6, 6.07) is 10.8. The Morgan fingerprint density at radius 3 is 2.60 bits per heavy atom. The van der Waals surface area contributed by atoms with Crippen molar-refractivity contribution in [3.05, 3.63) is 59.5 Å². The first-order chi connectivity index (χ1) is 14.5. The summed E-state index contributed by atoms with van der Waals surface area (Å²) >= 11 is 0. The van der Waals surface area contributed by atoms with Crippen LogP contribution in [0.2, 0.25) is 0 Å². The maximum Gasteiger partial charge on any atom is 0.257 e. The van der Waals surface area contributed by atoms with Gasteiger partial charge in [-0.15, -0.1) is 0 Å². The van der Waals surface area contributed by atoms with Crippen LogP contribution in [0, 0.1) is 19.8 Å². The van der Waals surface area contributed by atoms with E-state index in [1.807, 2.05) is 13.0 Å². The maximum atomic E-state index is 12.9. The molecule has 1 unspecified atom stereocenters. The number of piperidine rings is 1. The molecule has 0 saturated carbocycles. The van der Waals surface area contributed by atoms with E-state index >= 15 is 0 Å². The SMILES string of the molecule is Cc1ccc(NC(=O)C2CCCN(C(=O)c3ccc(-c4nc(C)no4)cc3)C2)nc1. The third-order valence-electron chi connectivity index (χ3n) is 5.15. The van der Waals surface area contributed by atoms with Crippen LogP contribution < -0.4 is 5.32 Å². The maximum absolute atomic E-state index is 12.9. The van der Waals surface area contributed by atoms with Crippen molar-refractivity contribution in [2.24, 2.45) is 5.92 Å². The summed E-state index contributed by atoms with van der Waals surface area (Å²) < 4.78 is 5.16. The van der Waals surface area contributed by atoms with E-state index in [1.165, 1.54) is 0 Å². The number of aromatic nitrogens is 3. The van der Waals surface area contributed by atoms with E-state index in [4.69, 9.17) is 4.52 Å². The molecule has 1 saturated heterocycles. The summed E-state index contributed by atoms with van der Waals surface area (Å²) in [5.74, 6) is 1.06. The zero-order valence-corrected chi connectivity index (χ0v) is 17.0. The van der Waals surface area contributed by atoms with Gasteiger partial charge in [0.15, 0.2) is 5.82 Å². The van der Waals surface area contributed by atoms with E-state index in [2.05, 4.69) is 20.4 Å². The van der Waals surface area contributed by atoms with Crippen LogP contribution in [0.3, 0.4) is 0 Å². The van der Waals surface area contributed by atoms with Crippen LogP contribution in [-0.4, -0.2) is 44.9 Å². The summed E-state index contributed by atoms with van der Waals surface area (Å²) in [6.45, 7) is 4.72. The summed E-state index contributed by atoms with van der Waals surface area (Å²) in [5, 5.41) is 6.63. The smallest absolute Gasteiger partial charge is 0.257 e. The molecular formula is C22H23N5O3. The minimum absolute atomic E-state index is 0.0887. The highest BCUT2D eigenvalue weighted by Crippen LogP contribution is 2.22. The first-order valence-electron chi connectivity index (χ1n) is 9.93. The van der Waals surface area contributed by atoms with Crippen LogP contribution in [0.5, 0.6) is 0 Å². The predicted octanol–water partition coefficient (Wildman–Crippen LogP) is 3.24. The van der Waals surface area contributed by atoms with E-state index in [-0.39, 0.29) is 17.7 Å². The normalized spacial score (nSPS) is 16.3. The van der Waals surface area contributed by atoms with E-state index in [0.29, 0.717) is 36.2 Å². The molecule has 0 spiro atoms. The monoisotopic (exact) mass is 405 g/mol. The number of carbonyl (C=O) groups is 2. The fraction of sp³-hybridized carbons (Fsp3) is 0.318. The highest BCUT2D eigenvalue weighted by molar-refractivity contribution is 5.96. The van der Waals surface area contributed by atoms with Gasteiger partial charge in [0.25, 0.3) is 11.8 Å². The first kappa shape index (κ1) is 19.8. The molecule has 1 aliphatic rings. The van der Waals surface area contributed by atoms with Crippen molar-refractivity contribution in [1.82, 2.24) is 20.0 Å². The highest BCUT2D eigenvalue weighted by atomic mass is 16.5. The zero-order valence-electron chi connectivity index (χ0n) is 17.0. The largest absolute Gasteiger partial charge is 0.338 e. The molecule has 8 heteroatoms. The lowest BCUT2D eigenvalue weighted by molar-refractivity contribution is -0.121. The molecule has 1 N–H and O–H groups in total. The van der Waals surface area contributed by atoms with Crippen LogP contribution >= 0.6 is 0 Å². The molecule has 1 fully saturated rings. The number of nitrogens with zero attached hydrogens (tertiary/aromatic N) is 4. The second-order valence-electron chi connectivity index (χ2n) is 7.52. The van der Waals surface area contributed by atoms with E-state index in [9.17, 15) is 9.59 Å². The Kier molecular flexibility index (Phi) is 5.56. The molecule has 3 heterocycles. The minimum atomic E-state index is -0.258. The van der Waals surface area contributed by atoms with Crippen molar-refractivity contribution < 1.29 is 14.1 Å². The number of rotatable bonds is 4.